The van der Waals surface area contributed by atoms with Crippen LogP contribution < -0.4 is 0 Å². The highest BCUT2D eigenvalue weighted by molar-refractivity contribution is 8.27. The van der Waals surface area contributed by atoms with Crippen molar-refractivity contribution in [2.24, 2.45) is 10.1 Å². The molecule has 2 aromatic heterocycles. The van der Waals surface area contributed by atoms with Crippen molar-refractivity contribution in [2.45, 2.75) is 0 Å². The van der Waals surface area contributed by atoms with Gasteiger partial charge in [-0.2, -0.15) is 15.1 Å². The van der Waals surface area contributed by atoms with Gasteiger partial charge in [-0.05, 0) is 41.4 Å². The van der Waals surface area contributed by atoms with E-state index in [0.717, 1.165) is 10.4 Å². The van der Waals surface area contributed by atoms with Crippen molar-refractivity contribution in [1.29, 1.82) is 5.41 Å². The van der Waals surface area contributed by atoms with E-state index in [2.05, 4.69) is 15.1 Å². The van der Waals surface area contributed by atoms with Crippen LogP contribution in [-0.2, 0) is 4.79 Å². The van der Waals surface area contributed by atoms with Gasteiger partial charge in [-0.15, -0.1) is 11.3 Å². The van der Waals surface area contributed by atoms with Crippen LogP contribution in [0.2, 0.25) is 0 Å². The van der Waals surface area contributed by atoms with Crippen LogP contribution in [0.4, 0.5) is 0 Å². The first-order chi connectivity index (χ1) is 11.2. The normalized spacial score (nSPS) is 19.0. The van der Waals surface area contributed by atoms with Crippen LogP contribution in [0.15, 0.2) is 57.7 Å². The topological polar surface area (TPSA) is 81.8 Å². The van der Waals surface area contributed by atoms with Crippen molar-refractivity contribution in [3.05, 3.63) is 58.1 Å². The second-order valence-electron chi connectivity index (χ2n) is 4.68. The minimum absolute atomic E-state index is 0.0463. The molecule has 1 N–H and O–H groups in total. The number of pyridine rings is 1. The van der Waals surface area contributed by atoms with Gasteiger partial charge in [0.05, 0.1) is 5.57 Å². The maximum absolute atomic E-state index is 12.2. The van der Waals surface area contributed by atoms with Crippen molar-refractivity contribution in [3.8, 4) is 0 Å². The Hall–Kier alpha value is -2.58. The summed E-state index contributed by atoms with van der Waals surface area (Å²) in [7, 11) is 0. The number of thiophene rings is 1. The summed E-state index contributed by atoms with van der Waals surface area (Å²) in [6.07, 6.45) is 5.03. The maximum Gasteiger partial charge on any atom is 0.283 e. The van der Waals surface area contributed by atoms with Crippen LogP contribution in [0.5, 0.6) is 0 Å². The molecule has 0 radical (unpaired) electrons. The summed E-state index contributed by atoms with van der Waals surface area (Å²) in [5, 5.41) is 17.1. The molecular formula is C15H9N5OS2. The van der Waals surface area contributed by atoms with Gasteiger partial charge in [0.25, 0.3) is 5.91 Å². The van der Waals surface area contributed by atoms with Gasteiger partial charge in [0.2, 0.25) is 5.17 Å². The van der Waals surface area contributed by atoms with E-state index in [-0.39, 0.29) is 11.4 Å². The first-order valence-electron chi connectivity index (χ1n) is 6.66. The highest BCUT2D eigenvalue weighted by Gasteiger charge is 2.35. The molecule has 0 spiro atoms. The molecule has 2 aliphatic heterocycles. The summed E-state index contributed by atoms with van der Waals surface area (Å²) in [6, 6.07) is 7.45. The molecule has 1 amide bonds. The SMILES string of the molecule is N=C1C(=Cc2cccs2)C(=O)N=C2SC(c3ccncc3)=NN12. The number of rotatable bonds is 2. The zero-order valence-electron chi connectivity index (χ0n) is 11.6. The standard InChI is InChI=1S/C15H9N5OS2/c16-12-11(8-10-2-1-7-22-10)13(21)18-15-20(12)19-14(23-15)9-3-5-17-6-4-9/h1-8,16H. The van der Waals surface area contributed by atoms with Gasteiger partial charge in [-0.1, -0.05) is 6.07 Å². The number of carbonyl (C=O) groups excluding carboxylic acids is 1. The van der Waals surface area contributed by atoms with Gasteiger partial charge in [0.1, 0.15) is 5.04 Å². The number of hydrogen-bond donors (Lipinski definition) is 1. The first kappa shape index (κ1) is 14.0. The third kappa shape index (κ3) is 2.51. The maximum atomic E-state index is 12.2. The van der Waals surface area contributed by atoms with Crippen LogP contribution in [-0.4, -0.2) is 31.9 Å². The molecule has 0 bridgehead atoms. The average Bonchev–Trinajstić information content (AvgIpc) is 3.22. The number of thioether (sulfide) groups is 1. The molecule has 6 nitrogen and oxygen atoms in total. The third-order valence-corrected chi connectivity index (χ3v) is 4.99. The lowest BCUT2D eigenvalue weighted by atomic mass is 10.1. The van der Waals surface area contributed by atoms with E-state index in [1.54, 1.807) is 18.5 Å². The Morgan fingerprint density at radius 3 is 2.78 bits per heavy atom. The summed E-state index contributed by atoms with van der Waals surface area (Å²) in [5.74, 6) is -0.363. The molecule has 0 saturated heterocycles. The summed E-state index contributed by atoms with van der Waals surface area (Å²) < 4.78 is 0. The summed E-state index contributed by atoms with van der Waals surface area (Å²) >= 11 is 2.78. The number of amides is 1. The van der Waals surface area contributed by atoms with Crippen molar-refractivity contribution in [1.82, 2.24) is 9.99 Å². The molecule has 0 aliphatic carbocycles. The van der Waals surface area contributed by atoms with Gasteiger partial charge in [0.15, 0.2) is 5.84 Å². The van der Waals surface area contributed by atoms with Crippen LogP contribution in [0.3, 0.4) is 0 Å². The van der Waals surface area contributed by atoms with Crippen molar-refractivity contribution >= 4 is 51.1 Å². The van der Waals surface area contributed by atoms with E-state index in [1.807, 2.05) is 29.6 Å². The molecule has 112 valence electrons. The van der Waals surface area contributed by atoms with Crippen LogP contribution in [0.1, 0.15) is 10.4 Å². The van der Waals surface area contributed by atoms with E-state index in [1.165, 1.54) is 28.1 Å². The Morgan fingerprint density at radius 1 is 1.22 bits per heavy atom. The van der Waals surface area contributed by atoms with Crippen LogP contribution >= 0.6 is 23.1 Å². The molecule has 4 rings (SSSR count). The van der Waals surface area contributed by atoms with Gasteiger partial charge in [-0.3, -0.25) is 15.2 Å². The molecule has 0 saturated carbocycles. The fourth-order valence-electron chi connectivity index (χ4n) is 2.12. The number of nitrogens with zero attached hydrogens (tertiary/aromatic N) is 4. The molecular weight excluding hydrogens is 330 g/mol. The van der Waals surface area contributed by atoms with Crippen LogP contribution in [0.25, 0.3) is 6.08 Å². The Bertz CT molecular complexity index is 884. The van der Waals surface area contributed by atoms with Gasteiger partial charge in [-0.25, -0.2) is 0 Å². The molecule has 4 heterocycles. The highest BCUT2D eigenvalue weighted by Crippen LogP contribution is 2.30. The fraction of sp³-hybridized carbons (Fsp3) is 0. The molecule has 23 heavy (non-hydrogen) atoms. The van der Waals surface area contributed by atoms with Gasteiger partial charge in [0, 0.05) is 22.8 Å². The molecule has 2 aliphatic rings. The smallest absolute Gasteiger partial charge is 0.282 e. The molecule has 0 unspecified atom stereocenters. The molecule has 2 aromatic rings. The zero-order valence-corrected chi connectivity index (χ0v) is 13.3. The summed E-state index contributed by atoms with van der Waals surface area (Å²) in [4.78, 5) is 21.2. The van der Waals surface area contributed by atoms with Crippen LogP contribution in [0, 0.1) is 5.41 Å². The lowest BCUT2D eigenvalue weighted by Crippen LogP contribution is -2.35. The number of fused-ring (bicyclic) bond motifs is 1. The third-order valence-electron chi connectivity index (χ3n) is 3.21. The van der Waals surface area contributed by atoms with Crippen molar-refractivity contribution in [3.63, 3.8) is 0 Å². The molecule has 8 heteroatoms. The number of hydrogen-bond acceptors (Lipinski definition) is 6. The molecule has 0 aromatic carbocycles. The minimum Gasteiger partial charge on any atom is -0.282 e. The molecule has 0 fully saturated rings. The number of hydrazone groups is 1. The first-order valence-corrected chi connectivity index (χ1v) is 8.36. The highest BCUT2D eigenvalue weighted by atomic mass is 32.2. The Labute approximate surface area is 139 Å². The number of amidine groups is 2. The van der Waals surface area contributed by atoms with E-state index < -0.39 is 5.91 Å². The Kier molecular flexibility index (Phi) is 3.40. The van der Waals surface area contributed by atoms with Gasteiger partial charge < -0.3 is 0 Å². The summed E-state index contributed by atoms with van der Waals surface area (Å²) in [6.45, 7) is 0. The predicted molar refractivity (Wildman–Crippen MR) is 92.7 cm³/mol. The quantitative estimate of drug-likeness (QED) is 0.853. The number of aromatic nitrogens is 1. The molecule has 0 atom stereocenters. The fourth-order valence-corrected chi connectivity index (χ4v) is 3.67. The van der Waals surface area contributed by atoms with Crippen molar-refractivity contribution < 1.29 is 4.79 Å². The van der Waals surface area contributed by atoms with Gasteiger partial charge >= 0.3 is 0 Å². The number of nitrogens with one attached hydrogen (secondary N) is 1. The second-order valence-corrected chi connectivity index (χ2v) is 6.61. The number of aliphatic imine (C=N–C) groups is 1. The largest absolute Gasteiger partial charge is 0.283 e. The second kappa shape index (κ2) is 5.56. The number of carbonyl (C=O) groups is 1. The van der Waals surface area contributed by atoms with E-state index in [4.69, 9.17) is 5.41 Å². The zero-order chi connectivity index (χ0) is 15.8. The van der Waals surface area contributed by atoms with E-state index in [9.17, 15) is 4.79 Å². The monoisotopic (exact) mass is 339 g/mol. The summed E-state index contributed by atoms with van der Waals surface area (Å²) in [5.41, 5.74) is 1.13. The lowest BCUT2D eigenvalue weighted by Gasteiger charge is -2.19. The average molecular weight is 339 g/mol. The van der Waals surface area contributed by atoms with E-state index >= 15 is 0 Å². The minimum atomic E-state index is -0.409. The van der Waals surface area contributed by atoms with Crippen molar-refractivity contribution in [2.75, 3.05) is 0 Å². The Balaban J connectivity index is 1.71. The predicted octanol–water partition coefficient (Wildman–Crippen LogP) is 2.81. The Morgan fingerprint density at radius 2 is 2.04 bits per heavy atom. The lowest BCUT2D eigenvalue weighted by molar-refractivity contribution is -0.114. The van der Waals surface area contributed by atoms with E-state index in [0.29, 0.717) is 10.2 Å².